The Balaban J connectivity index is 1.58. The Morgan fingerprint density at radius 3 is 2.20 bits per heavy atom. The van der Waals surface area contributed by atoms with E-state index < -0.39 is 59.2 Å². The van der Waals surface area contributed by atoms with Crippen LogP contribution >= 0.6 is 0 Å². The Bertz CT molecular complexity index is 1740. The maximum Gasteiger partial charge on any atom is 0.330 e. The zero-order valence-corrected chi connectivity index (χ0v) is 28.6. The predicted octanol–water partition coefficient (Wildman–Crippen LogP) is 5.58. The van der Waals surface area contributed by atoms with Crippen molar-refractivity contribution < 1.29 is 32.3 Å². The Morgan fingerprint density at radius 2 is 1.58 bits per heavy atom. The number of hydrogen-bond donors (Lipinski definition) is 2. The highest BCUT2D eigenvalue weighted by Gasteiger charge is 2.44. The monoisotopic (exact) mass is 689 g/mol. The summed E-state index contributed by atoms with van der Waals surface area (Å²) in [6, 6.07) is 18.0. The molecule has 3 amide bonds. The van der Waals surface area contributed by atoms with E-state index in [4.69, 9.17) is 5.26 Å². The van der Waals surface area contributed by atoms with Crippen molar-refractivity contribution in [1.29, 1.82) is 5.26 Å². The van der Waals surface area contributed by atoms with Crippen LogP contribution in [-0.4, -0.2) is 72.6 Å². The first kappa shape index (κ1) is 37.8. The van der Waals surface area contributed by atoms with Crippen LogP contribution in [0.2, 0.25) is 0 Å². The molecule has 0 bridgehead atoms. The molecule has 3 aromatic rings. The van der Waals surface area contributed by atoms with Gasteiger partial charge in [0, 0.05) is 50.5 Å². The number of piperazine rings is 1. The lowest BCUT2D eigenvalue weighted by Crippen LogP contribution is -2.55. The average Bonchev–Trinajstić information content (AvgIpc) is 3.13. The van der Waals surface area contributed by atoms with Crippen LogP contribution in [0.3, 0.4) is 0 Å². The van der Waals surface area contributed by atoms with E-state index in [-0.39, 0.29) is 29.5 Å². The number of nitrogens with zero attached hydrogens (tertiary/aromatic N) is 3. The molecule has 1 aliphatic heterocycles. The maximum absolute atomic E-state index is 15.7. The molecule has 2 N–H and O–H groups in total. The lowest BCUT2D eigenvalue weighted by atomic mass is 9.82. The van der Waals surface area contributed by atoms with Crippen LogP contribution in [0.1, 0.15) is 67.7 Å². The van der Waals surface area contributed by atoms with Gasteiger partial charge in [0.1, 0.15) is 11.9 Å². The highest BCUT2D eigenvalue weighted by atomic mass is 19.3. The molecule has 0 radical (unpaired) electrons. The number of nitrogens with one attached hydrogen (secondary N) is 2. The summed E-state index contributed by atoms with van der Waals surface area (Å²) in [4.78, 5) is 56.6. The van der Waals surface area contributed by atoms with Crippen molar-refractivity contribution in [2.45, 2.75) is 57.4 Å². The summed E-state index contributed by atoms with van der Waals surface area (Å²) < 4.78 is 46.5. The summed E-state index contributed by atoms with van der Waals surface area (Å²) in [6.45, 7) is 7.34. The summed E-state index contributed by atoms with van der Waals surface area (Å²) in [5, 5.41) is 14.4. The number of ketones is 1. The lowest BCUT2D eigenvalue weighted by molar-refractivity contribution is -0.147. The van der Waals surface area contributed by atoms with Crippen LogP contribution in [-0.2, 0) is 25.1 Å². The largest absolute Gasteiger partial charge is 0.344 e. The molecule has 4 atom stereocenters. The second-order valence-electron chi connectivity index (χ2n) is 12.7. The molecule has 264 valence electrons. The maximum atomic E-state index is 15.7. The lowest BCUT2D eigenvalue weighted by Gasteiger charge is -2.36. The normalized spacial score (nSPS) is 16.0. The summed E-state index contributed by atoms with van der Waals surface area (Å²) in [7, 11) is 1.96. The first-order valence-electron chi connectivity index (χ1n) is 16.6. The van der Waals surface area contributed by atoms with Gasteiger partial charge in [-0.2, -0.15) is 14.0 Å². The van der Waals surface area contributed by atoms with Gasteiger partial charge in [-0.1, -0.05) is 69.3 Å². The van der Waals surface area contributed by atoms with Gasteiger partial charge in [0.2, 0.25) is 23.5 Å². The molecule has 1 saturated heterocycles. The smallest absolute Gasteiger partial charge is 0.330 e. The van der Waals surface area contributed by atoms with Gasteiger partial charge in [-0.15, -0.1) is 0 Å². The predicted molar refractivity (Wildman–Crippen MR) is 183 cm³/mol. The third-order valence-corrected chi connectivity index (χ3v) is 9.37. The van der Waals surface area contributed by atoms with E-state index >= 15 is 13.2 Å². The van der Waals surface area contributed by atoms with E-state index in [1.165, 1.54) is 30.3 Å². The number of carbonyl (C=O) groups is 4. The SMILES string of the molecule is CCC(=O)N[C@@H](C(=O)N1CCN(C)CC1)[C@@H](C)c1ccc(NC(=O)C(CC(=O)C(F)(F)c2cccc(C#N)c2)[C@@H](C)c2ccccc2)c(F)c1. The standard InChI is InChI=1S/C38H42F3N5O4/c1-5-34(48)44-35(37(50)46-18-16-45(4)17-19-46)25(3)28-14-15-32(31(39)21-28)43-36(49)30(24(2)27-11-7-6-8-12-27)22-33(47)38(40,41)29-13-9-10-26(20-29)23-42/h6-15,20-21,24-25,30,35H,5,16-19,22H2,1-4H3,(H,43,49)(H,44,48)/t24-,25-,30?,35+/m0/s1. The molecular formula is C38H42F3N5O4. The van der Waals surface area contributed by atoms with Gasteiger partial charge in [-0.25, -0.2) is 4.39 Å². The molecule has 4 rings (SSSR count). The second-order valence-corrected chi connectivity index (χ2v) is 12.7. The van der Waals surface area contributed by atoms with Gasteiger partial charge >= 0.3 is 5.92 Å². The molecule has 3 aromatic carbocycles. The Kier molecular flexibility index (Phi) is 12.5. The number of hydrogen-bond acceptors (Lipinski definition) is 6. The molecule has 12 heteroatoms. The zero-order valence-electron chi connectivity index (χ0n) is 28.6. The number of Topliss-reactive ketones (excluding diaryl/α,β-unsaturated/α-hetero) is 1. The van der Waals surface area contributed by atoms with Crippen molar-refractivity contribution in [3.05, 3.63) is 101 Å². The minimum Gasteiger partial charge on any atom is -0.344 e. The molecule has 0 aromatic heterocycles. The molecule has 0 spiro atoms. The van der Waals surface area contributed by atoms with Crippen LogP contribution in [0.15, 0.2) is 72.8 Å². The first-order chi connectivity index (χ1) is 23.8. The summed E-state index contributed by atoms with van der Waals surface area (Å²) >= 11 is 0. The van der Waals surface area contributed by atoms with Gasteiger partial charge in [0.15, 0.2) is 0 Å². The number of likely N-dealkylation sites (N-methyl/N-ethyl adjacent to an activating group) is 1. The van der Waals surface area contributed by atoms with E-state index in [9.17, 15) is 19.2 Å². The fourth-order valence-corrected chi connectivity index (χ4v) is 5.99. The minimum atomic E-state index is -3.99. The molecule has 1 unspecified atom stereocenters. The molecule has 1 heterocycles. The Morgan fingerprint density at radius 1 is 0.900 bits per heavy atom. The number of benzene rings is 3. The van der Waals surface area contributed by atoms with E-state index in [2.05, 4.69) is 15.5 Å². The van der Waals surface area contributed by atoms with Gasteiger partial charge in [-0.05, 0) is 48.4 Å². The van der Waals surface area contributed by atoms with Crippen molar-refractivity contribution in [3.63, 3.8) is 0 Å². The summed E-state index contributed by atoms with van der Waals surface area (Å²) in [6.07, 6.45) is -0.711. The first-order valence-corrected chi connectivity index (χ1v) is 16.6. The van der Waals surface area contributed by atoms with E-state index in [0.29, 0.717) is 37.3 Å². The van der Waals surface area contributed by atoms with Crippen LogP contribution in [0.25, 0.3) is 0 Å². The number of halogens is 3. The van der Waals surface area contributed by atoms with Gasteiger partial charge < -0.3 is 20.4 Å². The fraction of sp³-hybridized carbons (Fsp3) is 0.395. The third-order valence-electron chi connectivity index (χ3n) is 9.37. The van der Waals surface area contributed by atoms with Gasteiger partial charge in [-0.3, -0.25) is 19.2 Å². The second kappa shape index (κ2) is 16.6. The van der Waals surface area contributed by atoms with Crippen molar-refractivity contribution in [2.24, 2.45) is 5.92 Å². The molecule has 50 heavy (non-hydrogen) atoms. The Hall–Kier alpha value is -5.02. The van der Waals surface area contributed by atoms with Crippen molar-refractivity contribution in [3.8, 4) is 6.07 Å². The fourth-order valence-electron chi connectivity index (χ4n) is 5.99. The molecule has 9 nitrogen and oxygen atoms in total. The topological polar surface area (TPSA) is 123 Å². The molecule has 1 aliphatic rings. The highest BCUT2D eigenvalue weighted by molar-refractivity contribution is 5.98. The molecule has 0 aliphatic carbocycles. The van der Waals surface area contributed by atoms with Gasteiger partial charge in [0.05, 0.1) is 23.2 Å². The zero-order chi connectivity index (χ0) is 36.6. The van der Waals surface area contributed by atoms with E-state index in [1.54, 1.807) is 62.1 Å². The molecular weight excluding hydrogens is 647 g/mol. The van der Waals surface area contributed by atoms with Crippen LogP contribution in [0.4, 0.5) is 18.9 Å². The highest BCUT2D eigenvalue weighted by Crippen LogP contribution is 2.36. The number of anilines is 1. The number of rotatable bonds is 13. The quantitative estimate of drug-likeness (QED) is 0.242. The summed E-state index contributed by atoms with van der Waals surface area (Å²) in [5.41, 5.74) is 0.0658. The van der Waals surface area contributed by atoms with E-state index in [0.717, 1.165) is 12.1 Å². The van der Waals surface area contributed by atoms with Crippen LogP contribution < -0.4 is 10.6 Å². The van der Waals surface area contributed by atoms with Crippen LogP contribution in [0, 0.1) is 23.1 Å². The van der Waals surface area contributed by atoms with Crippen molar-refractivity contribution in [1.82, 2.24) is 15.1 Å². The molecule has 1 fully saturated rings. The van der Waals surface area contributed by atoms with Crippen LogP contribution in [0.5, 0.6) is 0 Å². The Labute approximate surface area is 290 Å². The minimum absolute atomic E-state index is 0.0436. The van der Waals surface area contributed by atoms with E-state index in [1.807, 2.05) is 7.05 Å². The number of carbonyl (C=O) groups excluding carboxylic acids is 4. The molecule has 0 saturated carbocycles. The van der Waals surface area contributed by atoms with Crippen molar-refractivity contribution in [2.75, 3.05) is 38.5 Å². The number of alkyl halides is 2. The summed E-state index contributed by atoms with van der Waals surface area (Å²) in [5.74, 6) is -10.5. The van der Waals surface area contributed by atoms with Crippen molar-refractivity contribution >= 4 is 29.2 Å². The van der Waals surface area contributed by atoms with Gasteiger partial charge in [0.25, 0.3) is 0 Å². The third kappa shape index (κ3) is 8.95. The average molecular weight is 690 g/mol. The number of amides is 3. The number of nitriles is 1.